The van der Waals surface area contributed by atoms with Crippen LogP contribution in [0.25, 0.3) is 0 Å². The highest BCUT2D eigenvalue weighted by molar-refractivity contribution is 4.74. The molecule has 0 spiro atoms. The van der Waals surface area contributed by atoms with Crippen LogP contribution in [0.15, 0.2) is 0 Å². The fourth-order valence-corrected chi connectivity index (χ4v) is 1.80. The molecule has 2 unspecified atom stereocenters. The average molecular weight is 142 g/mol. The van der Waals surface area contributed by atoms with E-state index < -0.39 is 0 Å². The van der Waals surface area contributed by atoms with Gasteiger partial charge in [-0.1, -0.05) is 26.2 Å². The number of rotatable bonds is 3. The van der Waals surface area contributed by atoms with Gasteiger partial charge in [0.1, 0.15) is 0 Å². The Morgan fingerprint density at radius 3 is 2.70 bits per heavy atom. The van der Waals surface area contributed by atoms with Crippen LogP contribution in [0, 0.1) is 5.92 Å². The first-order chi connectivity index (χ1) is 4.83. The Morgan fingerprint density at radius 1 is 1.40 bits per heavy atom. The Balaban J connectivity index is 2.06. The minimum atomic E-state index is 0.0295. The van der Waals surface area contributed by atoms with E-state index in [0.29, 0.717) is 0 Å². The van der Waals surface area contributed by atoms with E-state index in [-0.39, 0.29) is 6.10 Å². The molecule has 0 saturated heterocycles. The first-order valence-corrected chi connectivity index (χ1v) is 4.51. The van der Waals surface area contributed by atoms with E-state index in [1.54, 1.807) is 0 Å². The molecule has 0 aromatic rings. The standard InChI is InChI=1S/C9H18O/c1-2-3-4-8-5-6-9(10)7-8/h8-10H,2-7H2,1H3. The van der Waals surface area contributed by atoms with Gasteiger partial charge in [0.05, 0.1) is 6.10 Å². The van der Waals surface area contributed by atoms with Crippen molar-refractivity contribution in [3.63, 3.8) is 0 Å². The monoisotopic (exact) mass is 142 g/mol. The highest BCUT2D eigenvalue weighted by atomic mass is 16.3. The molecule has 0 aromatic heterocycles. The van der Waals surface area contributed by atoms with Crippen molar-refractivity contribution in [3.8, 4) is 0 Å². The highest BCUT2D eigenvalue weighted by Gasteiger charge is 2.21. The van der Waals surface area contributed by atoms with Crippen molar-refractivity contribution in [2.45, 2.75) is 51.6 Å². The van der Waals surface area contributed by atoms with Gasteiger partial charge in [-0.05, 0) is 25.2 Å². The predicted octanol–water partition coefficient (Wildman–Crippen LogP) is 2.34. The summed E-state index contributed by atoms with van der Waals surface area (Å²) in [6.45, 7) is 2.23. The van der Waals surface area contributed by atoms with Gasteiger partial charge in [-0.2, -0.15) is 0 Å². The van der Waals surface area contributed by atoms with Gasteiger partial charge < -0.3 is 5.11 Å². The average Bonchev–Trinajstić information content (AvgIpc) is 2.31. The van der Waals surface area contributed by atoms with Crippen LogP contribution < -0.4 is 0 Å². The summed E-state index contributed by atoms with van der Waals surface area (Å²) in [7, 11) is 0. The Hall–Kier alpha value is -0.0400. The van der Waals surface area contributed by atoms with Crippen molar-refractivity contribution in [2.75, 3.05) is 0 Å². The summed E-state index contributed by atoms with van der Waals surface area (Å²) in [5, 5.41) is 9.20. The summed E-state index contributed by atoms with van der Waals surface area (Å²) in [5.74, 6) is 0.843. The first-order valence-electron chi connectivity index (χ1n) is 4.51. The molecule has 1 saturated carbocycles. The van der Waals surface area contributed by atoms with Gasteiger partial charge >= 0.3 is 0 Å². The molecule has 0 aromatic carbocycles. The normalized spacial score (nSPS) is 33.0. The van der Waals surface area contributed by atoms with Crippen molar-refractivity contribution in [1.82, 2.24) is 0 Å². The van der Waals surface area contributed by atoms with E-state index in [0.717, 1.165) is 18.8 Å². The third-order valence-electron chi connectivity index (χ3n) is 2.48. The van der Waals surface area contributed by atoms with Gasteiger partial charge in [-0.15, -0.1) is 0 Å². The van der Waals surface area contributed by atoms with Crippen molar-refractivity contribution in [2.24, 2.45) is 5.92 Å². The Labute approximate surface area is 63.4 Å². The molecule has 60 valence electrons. The second-order valence-electron chi connectivity index (χ2n) is 3.48. The zero-order valence-electron chi connectivity index (χ0n) is 6.84. The fourth-order valence-electron chi connectivity index (χ4n) is 1.80. The lowest BCUT2D eigenvalue weighted by Gasteiger charge is -2.06. The minimum Gasteiger partial charge on any atom is -0.393 e. The lowest BCUT2D eigenvalue weighted by atomic mass is 10.0. The molecule has 1 N–H and O–H groups in total. The second-order valence-corrected chi connectivity index (χ2v) is 3.48. The zero-order valence-corrected chi connectivity index (χ0v) is 6.84. The lowest BCUT2D eigenvalue weighted by Crippen LogP contribution is -1.99. The van der Waals surface area contributed by atoms with E-state index in [9.17, 15) is 5.11 Å². The van der Waals surface area contributed by atoms with E-state index >= 15 is 0 Å². The summed E-state index contributed by atoms with van der Waals surface area (Å²) in [4.78, 5) is 0. The summed E-state index contributed by atoms with van der Waals surface area (Å²) in [6.07, 6.45) is 7.40. The summed E-state index contributed by atoms with van der Waals surface area (Å²) >= 11 is 0. The number of aliphatic hydroxyl groups excluding tert-OH is 1. The molecule has 1 fully saturated rings. The second kappa shape index (κ2) is 3.97. The molecule has 1 heteroatoms. The highest BCUT2D eigenvalue weighted by Crippen LogP contribution is 2.29. The molecule has 1 rings (SSSR count). The van der Waals surface area contributed by atoms with Gasteiger partial charge in [0.2, 0.25) is 0 Å². The topological polar surface area (TPSA) is 20.2 Å². The number of hydrogen-bond acceptors (Lipinski definition) is 1. The molecular weight excluding hydrogens is 124 g/mol. The lowest BCUT2D eigenvalue weighted by molar-refractivity contribution is 0.176. The molecule has 0 aliphatic heterocycles. The van der Waals surface area contributed by atoms with Crippen molar-refractivity contribution in [1.29, 1.82) is 0 Å². The van der Waals surface area contributed by atoms with Crippen molar-refractivity contribution < 1.29 is 5.11 Å². The van der Waals surface area contributed by atoms with E-state index in [4.69, 9.17) is 0 Å². The Kier molecular flexibility index (Phi) is 3.20. The molecule has 0 bridgehead atoms. The van der Waals surface area contributed by atoms with Gasteiger partial charge in [0, 0.05) is 0 Å². The summed E-state index contributed by atoms with van der Waals surface area (Å²) in [5.41, 5.74) is 0. The number of hydrogen-bond donors (Lipinski definition) is 1. The predicted molar refractivity (Wildman–Crippen MR) is 42.9 cm³/mol. The number of aliphatic hydroxyl groups is 1. The molecule has 1 nitrogen and oxygen atoms in total. The molecule has 0 radical (unpaired) electrons. The largest absolute Gasteiger partial charge is 0.393 e. The van der Waals surface area contributed by atoms with Gasteiger partial charge in [-0.3, -0.25) is 0 Å². The van der Waals surface area contributed by atoms with E-state index in [1.807, 2.05) is 0 Å². The third-order valence-corrected chi connectivity index (χ3v) is 2.48. The summed E-state index contributed by atoms with van der Waals surface area (Å²) < 4.78 is 0. The van der Waals surface area contributed by atoms with Gasteiger partial charge in [0.15, 0.2) is 0 Å². The molecular formula is C9H18O. The quantitative estimate of drug-likeness (QED) is 0.641. The molecule has 1 aliphatic rings. The Bertz CT molecular complexity index is 90.7. The third kappa shape index (κ3) is 2.30. The van der Waals surface area contributed by atoms with E-state index in [2.05, 4.69) is 6.92 Å². The summed E-state index contributed by atoms with van der Waals surface area (Å²) in [6, 6.07) is 0. The maximum absolute atomic E-state index is 9.20. The first kappa shape index (κ1) is 8.06. The minimum absolute atomic E-state index is 0.0295. The molecule has 1 aliphatic carbocycles. The fraction of sp³-hybridized carbons (Fsp3) is 1.00. The molecule has 2 atom stereocenters. The number of unbranched alkanes of at least 4 members (excludes halogenated alkanes) is 1. The van der Waals surface area contributed by atoms with Crippen molar-refractivity contribution in [3.05, 3.63) is 0 Å². The maximum Gasteiger partial charge on any atom is 0.0543 e. The molecule has 0 heterocycles. The van der Waals surface area contributed by atoms with Crippen LogP contribution in [-0.4, -0.2) is 11.2 Å². The maximum atomic E-state index is 9.20. The van der Waals surface area contributed by atoms with Gasteiger partial charge in [0.25, 0.3) is 0 Å². The van der Waals surface area contributed by atoms with Crippen LogP contribution in [0.1, 0.15) is 45.4 Å². The SMILES string of the molecule is CCCCC1CCC(O)C1. The smallest absolute Gasteiger partial charge is 0.0543 e. The van der Waals surface area contributed by atoms with E-state index in [1.165, 1.54) is 25.7 Å². The van der Waals surface area contributed by atoms with Crippen LogP contribution in [0.5, 0.6) is 0 Å². The zero-order chi connectivity index (χ0) is 7.40. The Morgan fingerprint density at radius 2 is 2.20 bits per heavy atom. The van der Waals surface area contributed by atoms with Crippen LogP contribution in [0.2, 0.25) is 0 Å². The van der Waals surface area contributed by atoms with Gasteiger partial charge in [-0.25, -0.2) is 0 Å². The van der Waals surface area contributed by atoms with Crippen LogP contribution in [0.3, 0.4) is 0 Å². The molecule has 10 heavy (non-hydrogen) atoms. The van der Waals surface area contributed by atoms with Crippen LogP contribution >= 0.6 is 0 Å². The van der Waals surface area contributed by atoms with Crippen molar-refractivity contribution >= 4 is 0 Å². The van der Waals surface area contributed by atoms with Crippen LogP contribution in [-0.2, 0) is 0 Å². The molecule has 0 amide bonds. The van der Waals surface area contributed by atoms with Crippen LogP contribution in [0.4, 0.5) is 0 Å².